The van der Waals surface area contributed by atoms with Crippen LogP contribution in [0, 0.1) is 27.7 Å². The maximum Gasteiger partial charge on any atom is 0.343 e. The SMILES string of the molecule is CCOC(=O)c1c(C)c(C)c(C(=O)OCC)p1-p1c(C(=O)OCC)c(C)c(C)c1C(=O)OCC. The summed E-state index contributed by atoms with van der Waals surface area (Å²) in [5.74, 6) is -2.27. The van der Waals surface area contributed by atoms with Crippen LogP contribution in [0.5, 0.6) is 0 Å². The summed E-state index contributed by atoms with van der Waals surface area (Å²) in [4.78, 5) is 52.7. The molecule has 186 valence electrons. The monoisotopic (exact) mass is 510 g/mol. The summed E-state index contributed by atoms with van der Waals surface area (Å²) in [6.07, 6.45) is 0. The third kappa shape index (κ3) is 4.94. The van der Waals surface area contributed by atoms with Gasteiger partial charge in [-0.05, 0) is 92.1 Å². The summed E-state index contributed by atoms with van der Waals surface area (Å²) in [5, 5.41) is 1.26. The summed E-state index contributed by atoms with van der Waals surface area (Å²) in [6, 6.07) is 0. The second-order valence-corrected chi connectivity index (χ2v) is 12.8. The van der Waals surface area contributed by atoms with Crippen LogP contribution in [-0.4, -0.2) is 50.3 Å². The van der Waals surface area contributed by atoms with Crippen molar-refractivity contribution in [3.8, 4) is 0 Å². The van der Waals surface area contributed by atoms with Gasteiger partial charge in [-0.15, -0.1) is 0 Å². The minimum atomic E-state index is -1.81. The van der Waals surface area contributed by atoms with Crippen molar-refractivity contribution in [2.45, 2.75) is 55.4 Å². The van der Waals surface area contributed by atoms with Gasteiger partial charge in [-0.2, -0.15) is 0 Å². The largest absolute Gasteiger partial charge is 0.462 e. The van der Waals surface area contributed by atoms with Crippen LogP contribution >= 0.6 is 14.4 Å². The van der Waals surface area contributed by atoms with Crippen molar-refractivity contribution in [1.29, 1.82) is 0 Å². The number of hydrogen-bond donors (Lipinski definition) is 0. The van der Waals surface area contributed by atoms with E-state index in [1.54, 1.807) is 55.4 Å². The molecule has 0 aliphatic carbocycles. The number of carbonyl (C=O) groups is 4. The zero-order chi connectivity index (χ0) is 25.7. The van der Waals surface area contributed by atoms with Crippen molar-refractivity contribution in [3.05, 3.63) is 43.4 Å². The molecule has 0 radical (unpaired) electrons. The molecule has 34 heavy (non-hydrogen) atoms. The highest BCUT2D eigenvalue weighted by Gasteiger charge is 2.37. The zero-order valence-electron chi connectivity index (χ0n) is 21.0. The number of carbonyl (C=O) groups excluding carboxylic acids is 4. The van der Waals surface area contributed by atoms with Gasteiger partial charge in [0, 0.05) is 0 Å². The fraction of sp³-hybridized carbons (Fsp3) is 0.500. The third-order valence-electron chi connectivity index (χ3n) is 5.47. The lowest BCUT2D eigenvalue weighted by atomic mass is 10.1. The van der Waals surface area contributed by atoms with Crippen molar-refractivity contribution >= 4 is 38.3 Å². The Hall–Kier alpha value is -2.56. The topological polar surface area (TPSA) is 105 Å². The molecule has 10 heteroatoms. The van der Waals surface area contributed by atoms with E-state index in [1.807, 2.05) is 0 Å². The van der Waals surface area contributed by atoms with E-state index in [4.69, 9.17) is 18.9 Å². The van der Waals surface area contributed by atoms with E-state index >= 15 is 0 Å². The van der Waals surface area contributed by atoms with E-state index in [-0.39, 0.29) is 26.4 Å². The van der Waals surface area contributed by atoms with Gasteiger partial charge in [0.1, 0.15) is 0 Å². The van der Waals surface area contributed by atoms with Crippen molar-refractivity contribution in [2.24, 2.45) is 0 Å². The molecule has 0 amide bonds. The van der Waals surface area contributed by atoms with E-state index in [2.05, 4.69) is 0 Å². The lowest BCUT2D eigenvalue weighted by Crippen LogP contribution is -2.07. The Morgan fingerprint density at radius 1 is 0.471 bits per heavy atom. The number of rotatable bonds is 9. The average Bonchev–Trinajstić information content (AvgIpc) is 3.19. The van der Waals surface area contributed by atoms with Crippen LogP contribution < -0.4 is 0 Å². The maximum atomic E-state index is 13.2. The van der Waals surface area contributed by atoms with Crippen LogP contribution in [0.4, 0.5) is 0 Å². The Balaban J connectivity index is 3.15. The van der Waals surface area contributed by atoms with E-state index < -0.39 is 38.3 Å². The molecule has 0 unspecified atom stereocenters. The fourth-order valence-corrected chi connectivity index (χ4v) is 13.0. The van der Waals surface area contributed by atoms with Gasteiger partial charge in [-0.3, -0.25) is 0 Å². The molecule has 2 aromatic heterocycles. The molecule has 0 aromatic carbocycles. The van der Waals surface area contributed by atoms with Gasteiger partial charge < -0.3 is 18.9 Å². The minimum absolute atomic E-state index is 0.143. The van der Waals surface area contributed by atoms with Crippen LogP contribution in [0.25, 0.3) is 0 Å². The Morgan fingerprint density at radius 3 is 0.794 bits per heavy atom. The van der Waals surface area contributed by atoms with Gasteiger partial charge in [0.15, 0.2) is 0 Å². The molecule has 0 spiro atoms. The molecule has 0 bridgehead atoms. The van der Waals surface area contributed by atoms with Crippen LogP contribution in [0.1, 0.15) is 90.3 Å². The average molecular weight is 510 g/mol. The quantitative estimate of drug-likeness (QED) is 0.303. The van der Waals surface area contributed by atoms with Crippen LogP contribution in [0.2, 0.25) is 0 Å². The van der Waals surface area contributed by atoms with Gasteiger partial charge in [0.2, 0.25) is 0 Å². The summed E-state index contributed by atoms with van der Waals surface area (Å²) >= 11 is 0. The number of hydrogen-bond acceptors (Lipinski definition) is 8. The highest BCUT2D eigenvalue weighted by atomic mass is 32.0. The summed E-state index contributed by atoms with van der Waals surface area (Å²) in [6.45, 7) is 14.3. The van der Waals surface area contributed by atoms with Gasteiger partial charge in [0.25, 0.3) is 0 Å². The Labute approximate surface area is 201 Å². The molecule has 0 atom stereocenters. The lowest BCUT2D eigenvalue weighted by Gasteiger charge is -2.14. The molecule has 0 N–H and O–H groups in total. The maximum absolute atomic E-state index is 13.2. The number of ether oxygens (including phenoxy) is 4. The highest BCUT2D eigenvalue weighted by Crippen LogP contribution is 2.69. The molecule has 0 aliphatic heterocycles. The molecule has 0 aliphatic rings. The molecule has 2 rings (SSSR count). The molecular formula is C24H32O8P2. The van der Waals surface area contributed by atoms with Gasteiger partial charge in [-0.1, -0.05) is 0 Å². The molecule has 8 nitrogen and oxygen atoms in total. The van der Waals surface area contributed by atoms with Gasteiger partial charge >= 0.3 is 23.9 Å². The normalized spacial score (nSPS) is 10.7. The first-order chi connectivity index (χ1) is 16.1. The molecule has 2 aromatic rings. The van der Waals surface area contributed by atoms with Crippen molar-refractivity contribution in [1.82, 2.24) is 0 Å². The first-order valence-corrected chi connectivity index (χ1v) is 14.6. The second-order valence-electron chi connectivity index (χ2n) is 7.40. The molecule has 0 fully saturated rings. The van der Waals surface area contributed by atoms with E-state index in [0.717, 1.165) is 0 Å². The Bertz CT molecular complexity index is 952. The summed E-state index contributed by atoms with van der Waals surface area (Å²) in [7, 11) is -3.63. The fourth-order valence-electron chi connectivity index (χ4n) is 3.73. The lowest BCUT2D eigenvalue weighted by molar-refractivity contribution is 0.0518. The van der Waals surface area contributed by atoms with Gasteiger partial charge in [-0.25, -0.2) is 19.2 Å². The smallest absolute Gasteiger partial charge is 0.343 e. The zero-order valence-corrected chi connectivity index (χ0v) is 22.8. The number of esters is 4. The standard InChI is InChI=1S/C24H32O8P2/c1-9-29-21(25)17-13(5)14(6)18(22(26)30-10-2)33(17)34-19(23(27)31-11-3)15(7)16(8)20(34)24(28)32-12-4/h9-12H2,1-8H3. The van der Waals surface area contributed by atoms with Gasteiger partial charge in [0.05, 0.1) is 47.6 Å². The first kappa shape index (κ1) is 27.7. The Morgan fingerprint density at radius 2 is 0.647 bits per heavy atom. The molecular weight excluding hydrogens is 478 g/mol. The molecule has 0 saturated carbocycles. The second kappa shape index (κ2) is 11.7. The Kier molecular flexibility index (Phi) is 9.54. The van der Waals surface area contributed by atoms with E-state index in [1.165, 1.54) is 0 Å². The van der Waals surface area contributed by atoms with E-state index in [0.29, 0.717) is 43.4 Å². The van der Waals surface area contributed by atoms with Crippen molar-refractivity contribution in [2.75, 3.05) is 26.4 Å². The summed E-state index contributed by atoms with van der Waals surface area (Å²) in [5.41, 5.74) is 2.40. The van der Waals surface area contributed by atoms with Crippen LogP contribution in [0.15, 0.2) is 0 Å². The molecule has 2 heterocycles. The van der Waals surface area contributed by atoms with Crippen molar-refractivity contribution in [3.63, 3.8) is 0 Å². The predicted molar refractivity (Wildman–Crippen MR) is 132 cm³/mol. The van der Waals surface area contributed by atoms with Crippen LogP contribution in [-0.2, 0) is 18.9 Å². The minimum Gasteiger partial charge on any atom is -0.462 e. The predicted octanol–water partition coefficient (Wildman–Crippen LogP) is 5.91. The van der Waals surface area contributed by atoms with E-state index in [9.17, 15) is 19.2 Å². The highest BCUT2D eigenvalue weighted by molar-refractivity contribution is 8.24. The van der Waals surface area contributed by atoms with Crippen LogP contribution in [0.3, 0.4) is 0 Å². The summed E-state index contributed by atoms with van der Waals surface area (Å²) < 4.78 is 21.4. The third-order valence-corrected chi connectivity index (χ3v) is 13.2. The molecule has 0 saturated heterocycles. The first-order valence-electron chi connectivity index (χ1n) is 11.2. The van der Waals surface area contributed by atoms with Crippen molar-refractivity contribution < 1.29 is 38.1 Å².